The van der Waals surface area contributed by atoms with Crippen LogP contribution in [0.15, 0.2) is 36.7 Å². The van der Waals surface area contributed by atoms with Crippen molar-refractivity contribution in [2.75, 3.05) is 7.11 Å². The minimum absolute atomic E-state index is 0.0470. The van der Waals surface area contributed by atoms with Crippen molar-refractivity contribution in [2.24, 2.45) is 0 Å². The first kappa shape index (κ1) is 16.9. The Hall–Kier alpha value is -2.96. The van der Waals surface area contributed by atoms with Crippen LogP contribution in [-0.2, 0) is 6.54 Å². The standard InChI is InChI=1S/C18H17F2N3O2/c1-10-7-15(25-2)13(12-4-6-22-16(10)12)9-23-18(24)14-8-11(17(19)20)3-5-21-14/h3-8,17,22H,9H2,1-2H3,(H,23,24). The molecular weight excluding hydrogens is 328 g/mol. The Kier molecular flexibility index (Phi) is 4.65. The third-order valence-electron chi connectivity index (χ3n) is 4.03. The lowest BCUT2D eigenvalue weighted by Gasteiger charge is -2.13. The minimum Gasteiger partial charge on any atom is -0.496 e. The second-order valence-electron chi connectivity index (χ2n) is 5.60. The average Bonchev–Trinajstić information content (AvgIpc) is 3.10. The van der Waals surface area contributed by atoms with Crippen LogP contribution in [0.5, 0.6) is 5.75 Å². The predicted molar refractivity (Wildman–Crippen MR) is 90.0 cm³/mol. The molecule has 25 heavy (non-hydrogen) atoms. The molecular formula is C18H17F2N3O2. The highest BCUT2D eigenvalue weighted by molar-refractivity contribution is 5.93. The zero-order valence-corrected chi connectivity index (χ0v) is 13.8. The molecule has 5 nitrogen and oxygen atoms in total. The molecule has 130 valence electrons. The van der Waals surface area contributed by atoms with Crippen molar-refractivity contribution in [1.82, 2.24) is 15.3 Å². The van der Waals surface area contributed by atoms with Gasteiger partial charge in [-0.25, -0.2) is 8.78 Å². The monoisotopic (exact) mass is 345 g/mol. The number of ether oxygens (including phenoxy) is 1. The lowest BCUT2D eigenvalue weighted by Crippen LogP contribution is -2.24. The quantitative estimate of drug-likeness (QED) is 0.740. The maximum Gasteiger partial charge on any atom is 0.270 e. The molecule has 0 atom stereocenters. The molecule has 2 aromatic heterocycles. The number of alkyl halides is 2. The smallest absolute Gasteiger partial charge is 0.270 e. The van der Waals surface area contributed by atoms with E-state index >= 15 is 0 Å². The van der Waals surface area contributed by atoms with E-state index in [9.17, 15) is 13.6 Å². The van der Waals surface area contributed by atoms with Crippen LogP contribution in [-0.4, -0.2) is 23.0 Å². The normalized spacial score (nSPS) is 11.1. The summed E-state index contributed by atoms with van der Waals surface area (Å²) >= 11 is 0. The second kappa shape index (κ2) is 6.88. The van der Waals surface area contributed by atoms with Crippen molar-refractivity contribution < 1.29 is 18.3 Å². The van der Waals surface area contributed by atoms with Crippen molar-refractivity contribution in [2.45, 2.75) is 19.9 Å². The van der Waals surface area contributed by atoms with Crippen molar-refractivity contribution in [3.05, 3.63) is 59.0 Å². The summed E-state index contributed by atoms with van der Waals surface area (Å²) in [6.07, 6.45) is 0.370. The Morgan fingerprint density at radius 3 is 2.88 bits per heavy atom. The third-order valence-corrected chi connectivity index (χ3v) is 4.03. The number of nitrogens with one attached hydrogen (secondary N) is 2. The van der Waals surface area contributed by atoms with E-state index in [1.54, 1.807) is 7.11 Å². The summed E-state index contributed by atoms with van der Waals surface area (Å²) < 4.78 is 30.9. The molecule has 0 radical (unpaired) electrons. The summed E-state index contributed by atoms with van der Waals surface area (Å²) in [5, 5.41) is 3.65. The molecule has 0 unspecified atom stereocenters. The number of aryl methyl sites for hydroxylation is 1. The maximum atomic E-state index is 12.8. The van der Waals surface area contributed by atoms with Crippen LogP contribution in [0.1, 0.15) is 33.6 Å². The van der Waals surface area contributed by atoms with Gasteiger partial charge in [0.25, 0.3) is 12.3 Å². The molecule has 0 saturated heterocycles. The predicted octanol–water partition coefficient (Wildman–Crippen LogP) is 3.75. The Bertz CT molecular complexity index is 922. The van der Waals surface area contributed by atoms with Gasteiger partial charge in [-0.1, -0.05) is 0 Å². The molecule has 0 spiro atoms. The van der Waals surface area contributed by atoms with Crippen molar-refractivity contribution >= 4 is 16.8 Å². The lowest BCUT2D eigenvalue weighted by molar-refractivity contribution is 0.0945. The highest BCUT2D eigenvalue weighted by atomic mass is 19.3. The van der Waals surface area contributed by atoms with E-state index in [1.165, 1.54) is 12.3 Å². The number of halogens is 2. The third kappa shape index (κ3) is 3.31. The van der Waals surface area contributed by atoms with Crippen LogP contribution in [0.2, 0.25) is 0 Å². The SMILES string of the molecule is COc1cc(C)c2[nH]ccc2c1CNC(=O)c1cc(C(F)F)ccn1. The average molecular weight is 345 g/mol. The number of rotatable bonds is 5. The van der Waals surface area contributed by atoms with E-state index in [-0.39, 0.29) is 17.8 Å². The zero-order valence-electron chi connectivity index (χ0n) is 13.8. The van der Waals surface area contributed by atoms with Gasteiger partial charge in [0.1, 0.15) is 11.4 Å². The minimum atomic E-state index is -2.65. The number of hydrogen-bond acceptors (Lipinski definition) is 3. The summed E-state index contributed by atoms with van der Waals surface area (Å²) in [5.41, 5.74) is 2.51. The number of aromatic amines is 1. The van der Waals surface area contributed by atoms with Crippen LogP contribution < -0.4 is 10.1 Å². The Labute approximate surface area is 143 Å². The number of H-pyrrole nitrogens is 1. The highest BCUT2D eigenvalue weighted by Crippen LogP contribution is 2.30. The molecule has 0 bridgehead atoms. The van der Waals surface area contributed by atoms with Gasteiger partial charge in [-0.15, -0.1) is 0 Å². The topological polar surface area (TPSA) is 67.0 Å². The van der Waals surface area contributed by atoms with E-state index in [1.807, 2.05) is 25.3 Å². The van der Waals surface area contributed by atoms with Crippen molar-refractivity contribution in [3.8, 4) is 5.75 Å². The molecule has 7 heteroatoms. The van der Waals surface area contributed by atoms with E-state index in [0.29, 0.717) is 5.75 Å². The molecule has 1 aromatic carbocycles. The summed E-state index contributed by atoms with van der Waals surface area (Å²) in [7, 11) is 1.56. The second-order valence-corrected chi connectivity index (χ2v) is 5.60. The van der Waals surface area contributed by atoms with Gasteiger partial charge >= 0.3 is 0 Å². The Morgan fingerprint density at radius 1 is 1.36 bits per heavy atom. The van der Waals surface area contributed by atoms with Gasteiger partial charge in [0.2, 0.25) is 0 Å². The molecule has 2 heterocycles. The van der Waals surface area contributed by atoms with E-state index in [2.05, 4.69) is 15.3 Å². The summed E-state index contributed by atoms with van der Waals surface area (Å²) in [6.45, 7) is 2.15. The van der Waals surface area contributed by atoms with Gasteiger partial charge < -0.3 is 15.0 Å². The molecule has 3 rings (SSSR count). The van der Waals surface area contributed by atoms with Crippen molar-refractivity contribution in [3.63, 3.8) is 0 Å². The number of benzene rings is 1. The summed E-state index contributed by atoms with van der Waals surface area (Å²) in [6, 6.07) is 6.07. The number of hydrogen-bond donors (Lipinski definition) is 2. The molecule has 0 aliphatic carbocycles. The number of nitrogens with zero attached hydrogens (tertiary/aromatic N) is 1. The van der Waals surface area contributed by atoms with E-state index in [0.717, 1.165) is 28.1 Å². The number of aromatic nitrogens is 2. The van der Waals surface area contributed by atoms with Gasteiger partial charge in [0.15, 0.2) is 0 Å². The van der Waals surface area contributed by atoms with Crippen LogP contribution in [0, 0.1) is 6.92 Å². The number of amides is 1. The first-order valence-corrected chi connectivity index (χ1v) is 7.67. The van der Waals surface area contributed by atoms with Gasteiger partial charge in [-0.3, -0.25) is 9.78 Å². The molecule has 2 N–H and O–H groups in total. The summed E-state index contributed by atoms with van der Waals surface area (Å²) in [4.78, 5) is 19.3. The van der Waals surface area contributed by atoms with Crippen molar-refractivity contribution in [1.29, 1.82) is 0 Å². The maximum absolute atomic E-state index is 12.8. The van der Waals surface area contributed by atoms with Crippen LogP contribution >= 0.6 is 0 Å². The van der Waals surface area contributed by atoms with Gasteiger partial charge in [0, 0.05) is 41.0 Å². The molecule has 1 amide bonds. The number of fused-ring (bicyclic) bond motifs is 1. The largest absolute Gasteiger partial charge is 0.496 e. The van der Waals surface area contributed by atoms with Crippen LogP contribution in [0.25, 0.3) is 10.9 Å². The Balaban J connectivity index is 1.85. The first-order valence-electron chi connectivity index (χ1n) is 7.67. The fourth-order valence-electron chi connectivity index (χ4n) is 2.77. The molecule has 0 saturated carbocycles. The van der Waals surface area contributed by atoms with Crippen LogP contribution in [0.3, 0.4) is 0 Å². The van der Waals surface area contributed by atoms with Gasteiger partial charge in [-0.05, 0) is 36.8 Å². The Morgan fingerprint density at radius 2 is 2.16 bits per heavy atom. The highest BCUT2D eigenvalue weighted by Gasteiger charge is 2.16. The lowest BCUT2D eigenvalue weighted by atomic mass is 10.0. The van der Waals surface area contributed by atoms with Gasteiger partial charge in [-0.2, -0.15) is 0 Å². The van der Waals surface area contributed by atoms with E-state index < -0.39 is 12.3 Å². The number of carbonyl (C=O) groups is 1. The number of pyridine rings is 1. The first-order chi connectivity index (χ1) is 12.0. The number of carbonyl (C=O) groups excluding carboxylic acids is 1. The number of methoxy groups -OCH3 is 1. The molecule has 0 aliphatic heterocycles. The molecule has 0 aliphatic rings. The van der Waals surface area contributed by atoms with E-state index in [4.69, 9.17) is 4.74 Å². The fourth-order valence-corrected chi connectivity index (χ4v) is 2.77. The van der Waals surface area contributed by atoms with Crippen LogP contribution in [0.4, 0.5) is 8.78 Å². The fraction of sp³-hybridized carbons (Fsp3) is 0.222. The molecule has 0 fully saturated rings. The zero-order chi connectivity index (χ0) is 18.0. The molecule has 3 aromatic rings. The van der Waals surface area contributed by atoms with Gasteiger partial charge in [0.05, 0.1) is 7.11 Å². The summed E-state index contributed by atoms with van der Waals surface area (Å²) in [5.74, 6) is 0.132.